The van der Waals surface area contributed by atoms with Crippen LogP contribution in [-0.2, 0) is 14.4 Å². The average molecular weight is 359 g/mol. The van der Waals surface area contributed by atoms with Crippen molar-refractivity contribution in [1.82, 2.24) is 10.2 Å². The first-order valence-corrected chi connectivity index (χ1v) is 7.11. The van der Waals surface area contributed by atoms with E-state index < -0.39 is 54.2 Å². The quantitative estimate of drug-likeness (QED) is 0.674. The average Bonchev–Trinajstić information content (AvgIpc) is 2.74. The number of rotatable bonds is 6. The minimum Gasteiger partial charge on any atom is -0.344 e. The second kappa shape index (κ2) is 6.99. The SMILES string of the molecule is CC(C)C(NC(=O)CN1CC[C@H](N)C1=O)C(=O)C(F)(F)C(F)(F)F. The Balaban J connectivity index is 2.81. The summed E-state index contributed by atoms with van der Waals surface area (Å²) < 4.78 is 63.3. The van der Waals surface area contributed by atoms with Crippen LogP contribution in [0.5, 0.6) is 0 Å². The van der Waals surface area contributed by atoms with Crippen molar-refractivity contribution >= 4 is 17.6 Å². The van der Waals surface area contributed by atoms with Gasteiger partial charge in [0, 0.05) is 6.54 Å². The fourth-order valence-corrected chi connectivity index (χ4v) is 2.18. The molecule has 24 heavy (non-hydrogen) atoms. The van der Waals surface area contributed by atoms with Gasteiger partial charge in [-0.25, -0.2) is 0 Å². The minimum atomic E-state index is -6.06. The second-order valence-corrected chi connectivity index (χ2v) is 5.88. The summed E-state index contributed by atoms with van der Waals surface area (Å²) in [5.41, 5.74) is 5.45. The molecular weight excluding hydrogens is 341 g/mol. The maximum atomic E-state index is 13.2. The number of alkyl halides is 5. The zero-order valence-electron chi connectivity index (χ0n) is 13.0. The number of amides is 2. The summed E-state index contributed by atoms with van der Waals surface area (Å²) in [6, 6.07) is -2.82. The fourth-order valence-electron chi connectivity index (χ4n) is 2.18. The number of hydrogen-bond donors (Lipinski definition) is 2. The van der Waals surface area contributed by atoms with E-state index in [-0.39, 0.29) is 6.54 Å². The highest BCUT2D eigenvalue weighted by Crippen LogP contribution is 2.37. The van der Waals surface area contributed by atoms with Crippen molar-refractivity contribution in [3.8, 4) is 0 Å². The predicted octanol–water partition coefficient (Wildman–Crippen LogP) is 0.453. The topological polar surface area (TPSA) is 92.5 Å². The molecule has 2 atom stereocenters. The third kappa shape index (κ3) is 4.19. The van der Waals surface area contributed by atoms with Crippen LogP contribution in [-0.4, -0.2) is 59.8 Å². The molecule has 11 heteroatoms. The molecule has 1 aliphatic rings. The first-order chi connectivity index (χ1) is 10.8. The molecular formula is C13H18F5N3O3. The number of hydrogen-bond acceptors (Lipinski definition) is 4. The van der Waals surface area contributed by atoms with E-state index in [0.29, 0.717) is 6.42 Å². The van der Waals surface area contributed by atoms with E-state index in [0.717, 1.165) is 4.90 Å². The zero-order valence-corrected chi connectivity index (χ0v) is 13.0. The smallest absolute Gasteiger partial charge is 0.344 e. The van der Waals surface area contributed by atoms with Crippen molar-refractivity contribution in [2.24, 2.45) is 11.7 Å². The van der Waals surface area contributed by atoms with Crippen LogP contribution >= 0.6 is 0 Å². The van der Waals surface area contributed by atoms with Gasteiger partial charge in [0.25, 0.3) is 0 Å². The normalized spacial score (nSPS) is 20.5. The number of nitrogens with one attached hydrogen (secondary N) is 1. The van der Waals surface area contributed by atoms with Gasteiger partial charge in [0.15, 0.2) is 0 Å². The van der Waals surface area contributed by atoms with Crippen molar-refractivity contribution in [1.29, 1.82) is 0 Å². The summed E-state index contributed by atoms with van der Waals surface area (Å²) in [5, 5.41) is 1.85. The van der Waals surface area contributed by atoms with Crippen molar-refractivity contribution in [3.63, 3.8) is 0 Å². The highest BCUT2D eigenvalue weighted by Gasteiger charge is 2.64. The van der Waals surface area contributed by atoms with Crippen LogP contribution in [0.2, 0.25) is 0 Å². The molecule has 1 saturated heterocycles. The first kappa shape index (κ1) is 20.3. The van der Waals surface area contributed by atoms with Crippen LogP contribution in [0.1, 0.15) is 20.3 Å². The summed E-state index contributed by atoms with van der Waals surface area (Å²) in [7, 11) is 0. The number of ketones is 1. The summed E-state index contributed by atoms with van der Waals surface area (Å²) in [6.45, 7) is 2.02. The Kier molecular flexibility index (Phi) is 5.91. The summed E-state index contributed by atoms with van der Waals surface area (Å²) >= 11 is 0. The Morgan fingerprint density at radius 2 is 1.83 bits per heavy atom. The lowest BCUT2D eigenvalue weighted by atomic mass is 9.95. The molecule has 0 aromatic heterocycles. The van der Waals surface area contributed by atoms with Crippen molar-refractivity contribution in [2.75, 3.05) is 13.1 Å². The number of carbonyl (C=O) groups is 3. The van der Waals surface area contributed by atoms with Gasteiger partial charge in [-0.3, -0.25) is 14.4 Å². The Hall–Kier alpha value is -1.78. The molecule has 1 aliphatic heterocycles. The molecule has 1 rings (SSSR count). The van der Waals surface area contributed by atoms with Crippen molar-refractivity contribution in [2.45, 2.75) is 44.5 Å². The summed E-state index contributed by atoms with van der Waals surface area (Å²) in [4.78, 5) is 36.0. The molecule has 138 valence electrons. The number of likely N-dealkylation sites (tertiary alicyclic amines) is 1. The van der Waals surface area contributed by atoms with Crippen LogP contribution in [0.25, 0.3) is 0 Å². The lowest BCUT2D eigenvalue weighted by molar-refractivity contribution is -0.269. The first-order valence-electron chi connectivity index (χ1n) is 7.11. The van der Waals surface area contributed by atoms with Crippen molar-refractivity contribution in [3.05, 3.63) is 0 Å². The number of nitrogens with two attached hydrogens (primary N) is 1. The van der Waals surface area contributed by atoms with E-state index in [4.69, 9.17) is 5.73 Å². The van der Waals surface area contributed by atoms with Gasteiger partial charge in [-0.15, -0.1) is 0 Å². The van der Waals surface area contributed by atoms with E-state index in [9.17, 15) is 36.3 Å². The largest absolute Gasteiger partial charge is 0.461 e. The van der Waals surface area contributed by atoms with Crippen LogP contribution in [0.3, 0.4) is 0 Å². The molecule has 1 heterocycles. The van der Waals surface area contributed by atoms with Gasteiger partial charge < -0.3 is 16.0 Å². The van der Waals surface area contributed by atoms with Gasteiger partial charge >= 0.3 is 12.1 Å². The molecule has 0 aromatic rings. The van der Waals surface area contributed by atoms with Gasteiger partial charge in [-0.2, -0.15) is 22.0 Å². The third-order valence-electron chi connectivity index (χ3n) is 3.60. The van der Waals surface area contributed by atoms with Gasteiger partial charge in [0.2, 0.25) is 17.6 Å². The molecule has 6 nitrogen and oxygen atoms in total. The van der Waals surface area contributed by atoms with Crippen LogP contribution in [0.4, 0.5) is 22.0 Å². The number of Topliss-reactive ketones (excluding diaryl/α,β-unsaturated/α-hetero) is 1. The zero-order chi connectivity index (χ0) is 18.9. The van der Waals surface area contributed by atoms with E-state index in [1.807, 2.05) is 5.32 Å². The number of carbonyl (C=O) groups excluding carboxylic acids is 3. The molecule has 0 aliphatic carbocycles. The van der Waals surface area contributed by atoms with E-state index in [1.165, 1.54) is 13.8 Å². The fraction of sp³-hybridized carbons (Fsp3) is 0.769. The molecule has 0 aromatic carbocycles. The summed E-state index contributed by atoms with van der Waals surface area (Å²) in [5.74, 6) is -10.6. The van der Waals surface area contributed by atoms with E-state index >= 15 is 0 Å². The van der Waals surface area contributed by atoms with Crippen LogP contribution in [0, 0.1) is 5.92 Å². The van der Waals surface area contributed by atoms with Gasteiger partial charge in [0.1, 0.15) is 0 Å². The molecule has 3 N–H and O–H groups in total. The predicted molar refractivity (Wildman–Crippen MR) is 72.0 cm³/mol. The highest BCUT2D eigenvalue weighted by molar-refractivity contribution is 5.96. The molecule has 0 spiro atoms. The Morgan fingerprint density at radius 1 is 1.29 bits per heavy atom. The van der Waals surface area contributed by atoms with E-state index in [1.54, 1.807) is 0 Å². The van der Waals surface area contributed by atoms with Crippen LogP contribution < -0.4 is 11.1 Å². The third-order valence-corrected chi connectivity index (χ3v) is 3.60. The van der Waals surface area contributed by atoms with Gasteiger partial charge in [-0.05, 0) is 12.3 Å². The summed E-state index contributed by atoms with van der Waals surface area (Å²) in [6.07, 6.45) is -5.76. The molecule has 1 unspecified atom stereocenters. The Bertz CT molecular complexity index is 521. The lowest BCUT2D eigenvalue weighted by Crippen LogP contribution is -2.57. The van der Waals surface area contributed by atoms with Crippen molar-refractivity contribution < 1.29 is 36.3 Å². The maximum Gasteiger partial charge on any atom is 0.461 e. The van der Waals surface area contributed by atoms with Gasteiger partial charge in [0.05, 0.1) is 18.6 Å². The molecule has 1 fully saturated rings. The maximum absolute atomic E-state index is 13.2. The standard InChI is InChI=1S/C13H18F5N3O3/c1-6(2)9(10(23)12(14,15)13(16,17)18)20-8(22)5-21-4-3-7(19)11(21)24/h6-7,9H,3-5,19H2,1-2H3,(H,20,22)/t7-,9?/m0/s1. The highest BCUT2D eigenvalue weighted by atomic mass is 19.4. The molecule has 0 saturated carbocycles. The number of halogens is 5. The minimum absolute atomic E-state index is 0.159. The van der Waals surface area contributed by atoms with E-state index in [2.05, 4.69) is 0 Å². The Labute approximate surface area is 134 Å². The molecule has 0 radical (unpaired) electrons. The lowest BCUT2D eigenvalue weighted by Gasteiger charge is -2.27. The van der Waals surface area contributed by atoms with Gasteiger partial charge in [-0.1, -0.05) is 13.8 Å². The second-order valence-electron chi connectivity index (χ2n) is 5.88. The number of nitrogens with zero attached hydrogens (tertiary/aromatic N) is 1. The van der Waals surface area contributed by atoms with Crippen LogP contribution in [0.15, 0.2) is 0 Å². The molecule has 2 amide bonds. The Morgan fingerprint density at radius 3 is 2.21 bits per heavy atom. The monoisotopic (exact) mass is 359 g/mol. The molecule has 0 bridgehead atoms.